The molecule has 1 fully saturated rings. The summed E-state index contributed by atoms with van der Waals surface area (Å²) in [7, 11) is 0. The number of benzene rings is 2. The second kappa shape index (κ2) is 7.68. The lowest BCUT2D eigenvalue weighted by Gasteiger charge is -2.30. The molecule has 168 valence electrons. The number of fused-ring (bicyclic) bond motifs is 4. The lowest BCUT2D eigenvalue weighted by molar-refractivity contribution is 0.0968. The average molecular weight is 453 g/mol. The molecule has 2 aromatic heterocycles. The SMILES string of the molecule is N#Cc1ccc(Cn2c3c(c(=O)c4cc(F)c(N5CCNCC5)cc42)C(=O)n2cccc2-3)cc1. The van der Waals surface area contributed by atoms with Crippen molar-refractivity contribution in [2.45, 2.75) is 6.54 Å². The Morgan fingerprint density at radius 1 is 1.06 bits per heavy atom. The molecule has 4 heterocycles. The van der Waals surface area contributed by atoms with Crippen molar-refractivity contribution in [1.29, 1.82) is 5.26 Å². The summed E-state index contributed by atoms with van der Waals surface area (Å²) in [5.74, 6) is -0.872. The predicted molar refractivity (Wildman–Crippen MR) is 127 cm³/mol. The van der Waals surface area contributed by atoms with E-state index in [1.165, 1.54) is 10.6 Å². The summed E-state index contributed by atoms with van der Waals surface area (Å²) in [6.07, 6.45) is 1.64. The fourth-order valence-electron chi connectivity index (χ4n) is 4.97. The normalized spacial score (nSPS) is 14.8. The second-order valence-corrected chi connectivity index (χ2v) is 8.57. The van der Waals surface area contributed by atoms with Gasteiger partial charge in [-0.2, -0.15) is 5.26 Å². The predicted octanol–water partition coefficient (Wildman–Crippen LogP) is 2.94. The van der Waals surface area contributed by atoms with E-state index in [4.69, 9.17) is 5.26 Å². The maximum absolute atomic E-state index is 15.2. The largest absolute Gasteiger partial charge is 0.367 e. The molecular formula is C26H20FN5O2. The van der Waals surface area contributed by atoms with Gasteiger partial charge in [0.2, 0.25) is 5.43 Å². The van der Waals surface area contributed by atoms with Gasteiger partial charge in [-0.05, 0) is 42.0 Å². The standard InChI is InChI=1S/C26H20FN5O2/c27-19-12-18-21(13-22(19)30-10-7-29-8-11-30)32(15-17-5-3-16(14-28)4-6-17)24-20-2-1-9-31(20)26(34)23(24)25(18)33/h1-6,9,12-13,29H,7-8,10-11,15H2. The van der Waals surface area contributed by atoms with Gasteiger partial charge in [-0.3, -0.25) is 14.2 Å². The highest BCUT2D eigenvalue weighted by atomic mass is 19.1. The zero-order valence-corrected chi connectivity index (χ0v) is 18.2. The number of halogens is 1. The summed E-state index contributed by atoms with van der Waals surface area (Å²) in [6, 6.07) is 15.9. The Bertz CT molecular complexity index is 1570. The Kier molecular flexibility index (Phi) is 4.61. The number of aromatic nitrogens is 2. The molecule has 0 bridgehead atoms. The first-order chi connectivity index (χ1) is 16.6. The molecule has 0 atom stereocenters. The zero-order valence-electron chi connectivity index (χ0n) is 18.2. The van der Waals surface area contributed by atoms with Crippen LogP contribution in [0.4, 0.5) is 10.1 Å². The molecule has 4 aromatic rings. The summed E-state index contributed by atoms with van der Waals surface area (Å²) in [4.78, 5) is 28.5. The van der Waals surface area contributed by atoms with Crippen molar-refractivity contribution < 1.29 is 9.18 Å². The highest BCUT2D eigenvalue weighted by Gasteiger charge is 2.33. The third-order valence-corrected chi connectivity index (χ3v) is 6.64. The van der Waals surface area contributed by atoms with Crippen molar-refractivity contribution in [3.8, 4) is 17.5 Å². The number of piperazine rings is 1. The molecule has 0 radical (unpaired) electrons. The van der Waals surface area contributed by atoms with Crippen LogP contribution in [0.2, 0.25) is 0 Å². The summed E-state index contributed by atoms with van der Waals surface area (Å²) in [5, 5.41) is 12.6. The van der Waals surface area contributed by atoms with E-state index in [2.05, 4.69) is 11.4 Å². The number of rotatable bonds is 3. The van der Waals surface area contributed by atoms with Gasteiger partial charge in [-0.15, -0.1) is 0 Å². The average Bonchev–Trinajstić information content (AvgIpc) is 3.45. The van der Waals surface area contributed by atoms with Crippen LogP contribution in [0.15, 0.2) is 59.5 Å². The maximum Gasteiger partial charge on any atom is 0.268 e. The number of nitrogens with zero attached hydrogens (tertiary/aromatic N) is 4. The molecule has 2 aromatic carbocycles. The van der Waals surface area contributed by atoms with Gasteiger partial charge in [-0.1, -0.05) is 12.1 Å². The molecule has 6 rings (SSSR count). The first-order valence-electron chi connectivity index (χ1n) is 11.1. The Hall–Kier alpha value is -4.22. The third kappa shape index (κ3) is 2.98. The molecule has 1 saturated heterocycles. The van der Waals surface area contributed by atoms with Crippen molar-refractivity contribution in [2.75, 3.05) is 31.1 Å². The van der Waals surface area contributed by atoms with Gasteiger partial charge in [0.25, 0.3) is 5.91 Å². The van der Waals surface area contributed by atoms with Crippen LogP contribution in [0.25, 0.3) is 22.3 Å². The quantitative estimate of drug-likeness (QED) is 0.454. The van der Waals surface area contributed by atoms with Crippen molar-refractivity contribution in [3.63, 3.8) is 0 Å². The zero-order chi connectivity index (χ0) is 23.4. The van der Waals surface area contributed by atoms with Crippen molar-refractivity contribution >= 4 is 22.5 Å². The minimum atomic E-state index is -0.471. The summed E-state index contributed by atoms with van der Waals surface area (Å²) >= 11 is 0. The molecule has 2 aliphatic heterocycles. The van der Waals surface area contributed by atoms with Crippen LogP contribution in [0.5, 0.6) is 0 Å². The summed E-state index contributed by atoms with van der Waals surface area (Å²) in [5.41, 5.74) is 3.25. The number of anilines is 1. The highest BCUT2D eigenvalue weighted by Crippen LogP contribution is 2.35. The number of hydrogen-bond donors (Lipinski definition) is 1. The Morgan fingerprint density at radius 3 is 2.56 bits per heavy atom. The first-order valence-corrected chi connectivity index (χ1v) is 11.1. The van der Waals surface area contributed by atoms with Gasteiger partial charge in [0.15, 0.2) is 0 Å². The fraction of sp³-hybridized carbons (Fsp3) is 0.192. The van der Waals surface area contributed by atoms with Gasteiger partial charge in [0.05, 0.1) is 34.2 Å². The lowest BCUT2D eigenvalue weighted by atomic mass is 10.0. The summed E-state index contributed by atoms with van der Waals surface area (Å²) in [6.45, 7) is 3.18. The molecule has 0 spiro atoms. The van der Waals surface area contributed by atoms with Gasteiger partial charge in [-0.25, -0.2) is 4.39 Å². The smallest absolute Gasteiger partial charge is 0.268 e. The van der Waals surface area contributed by atoms with Crippen molar-refractivity contribution in [1.82, 2.24) is 14.5 Å². The minimum Gasteiger partial charge on any atom is -0.367 e. The van der Waals surface area contributed by atoms with Crippen LogP contribution in [-0.2, 0) is 6.54 Å². The number of carbonyl (C=O) groups excluding carboxylic acids is 1. The van der Waals surface area contributed by atoms with Crippen LogP contribution >= 0.6 is 0 Å². The number of nitrogens with one attached hydrogen (secondary N) is 1. The van der Waals surface area contributed by atoms with Crippen molar-refractivity contribution in [3.05, 3.63) is 87.5 Å². The van der Waals surface area contributed by atoms with Gasteiger partial charge in [0.1, 0.15) is 11.4 Å². The third-order valence-electron chi connectivity index (χ3n) is 6.64. The maximum atomic E-state index is 15.2. The van der Waals surface area contributed by atoms with E-state index in [0.717, 1.165) is 18.7 Å². The Balaban J connectivity index is 1.64. The molecule has 7 nitrogen and oxygen atoms in total. The van der Waals surface area contributed by atoms with E-state index in [1.807, 2.05) is 27.7 Å². The minimum absolute atomic E-state index is 0.0612. The number of nitriles is 1. The number of pyridine rings is 1. The molecule has 2 aliphatic rings. The Labute approximate surface area is 194 Å². The van der Waals surface area contributed by atoms with Crippen LogP contribution in [-0.4, -0.2) is 41.2 Å². The van der Waals surface area contributed by atoms with E-state index in [1.54, 1.807) is 30.5 Å². The van der Waals surface area contributed by atoms with Crippen LogP contribution in [0, 0.1) is 17.1 Å². The first kappa shape index (κ1) is 20.4. The van der Waals surface area contributed by atoms with Crippen LogP contribution < -0.4 is 15.6 Å². The number of carbonyl (C=O) groups is 1. The van der Waals surface area contributed by atoms with E-state index >= 15 is 4.39 Å². The Morgan fingerprint density at radius 2 is 1.82 bits per heavy atom. The van der Waals surface area contributed by atoms with E-state index in [0.29, 0.717) is 47.8 Å². The van der Waals surface area contributed by atoms with Crippen LogP contribution in [0.3, 0.4) is 0 Å². The van der Waals surface area contributed by atoms with Gasteiger partial charge >= 0.3 is 0 Å². The van der Waals surface area contributed by atoms with E-state index in [9.17, 15) is 9.59 Å². The monoisotopic (exact) mass is 453 g/mol. The second-order valence-electron chi connectivity index (χ2n) is 8.57. The molecule has 0 amide bonds. The molecule has 0 aliphatic carbocycles. The lowest BCUT2D eigenvalue weighted by Crippen LogP contribution is -2.43. The molecular weight excluding hydrogens is 433 g/mol. The number of hydrogen-bond acceptors (Lipinski definition) is 5. The summed E-state index contributed by atoms with van der Waals surface area (Å²) < 4.78 is 18.6. The molecule has 1 N–H and O–H groups in total. The fourth-order valence-corrected chi connectivity index (χ4v) is 4.97. The molecule has 0 unspecified atom stereocenters. The molecule has 0 saturated carbocycles. The van der Waals surface area contributed by atoms with Gasteiger partial charge < -0.3 is 14.8 Å². The molecule has 34 heavy (non-hydrogen) atoms. The van der Waals surface area contributed by atoms with Crippen LogP contribution in [0.1, 0.15) is 21.5 Å². The topological polar surface area (TPSA) is 83.1 Å². The highest BCUT2D eigenvalue weighted by molar-refractivity contribution is 6.10. The van der Waals surface area contributed by atoms with Gasteiger partial charge in [0, 0.05) is 44.3 Å². The molecule has 8 heteroatoms. The van der Waals surface area contributed by atoms with E-state index < -0.39 is 17.2 Å². The van der Waals surface area contributed by atoms with E-state index in [-0.39, 0.29) is 10.9 Å². The van der Waals surface area contributed by atoms with Crippen molar-refractivity contribution in [2.24, 2.45) is 0 Å².